The maximum atomic E-state index is 12.3. The summed E-state index contributed by atoms with van der Waals surface area (Å²) < 4.78 is 29.1. The van der Waals surface area contributed by atoms with Crippen LogP contribution in [-0.2, 0) is 19.4 Å². The van der Waals surface area contributed by atoms with Gasteiger partial charge in [0.15, 0.2) is 15.1 Å². The number of carbonyl (C=O) groups excluding carboxylic acids is 1. The van der Waals surface area contributed by atoms with Crippen LogP contribution in [0.2, 0.25) is 0 Å². The maximum absolute atomic E-state index is 12.3. The average Bonchev–Trinajstić information content (AvgIpc) is 3.00. The molecule has 0 heterocycles. The van der Waals surface area contributed by atoms with Gasteiger partial charge in [0.05, 0.1) is 12.4 Å². The molecule has 0 radical (unpaired) electrons. The lowest BCUT2D eigenvalue weighted by atomic mass is 10.2. The third-order valence-electron chi connectivity index (χ3n) is 3.29. The fraction of sp³-hybridized carbons (Fsp3) is 0.909. The van der Waals surface area contributed by atoms with Crippen molar-refractivity contribution in [2.75, 3.05) is 7.11 Å². The molecule has 16 heavy (non-hydrogen) atoms. The van der Waals surface area contributed by atoms with Crippen molar-refractivity contribution in [2.45, 2.75) is 44.1 Å². The number of sulfone groups is 1. The second kappa shape index (κ2) is 4.73. The molecule has 0 N–H and O–H groups in total. The van der Waals surface area contributed by atoms with Gasteiger partial charge in [-0.25, -0.2) is 8.42 Å². The smallest absolute Gasteiger partial charge is 0.324 e. The van der Waals surface area contributed by atoms with Crippen LogP contribution in [0.5, 0.6) is 0 Å². The van der Waals surface area contributed by atoms with E-state index in [-0.39, 0.29) is 11.8 Å². The van der Waals surface area contributed by atoms with E-state index < -0.39 is 26.3 Å². The summed E-state index contributed by atoms with van der Waals surface area (Å²) in [5.41, 5.74) is 0. The zero-order valence-corrected chi connectivity index (χ0v) is 11.1. The number of methoxy groups -OCH3 is 1. The molecule has 1 aliphatic carbocycles. The number of hydrogen-bond acceptors (Lipinski definition) is 4. The molecule has 0 spiro atoms. The molecule has 94 valence electrons. The Hall–Kier alpha value is -0.580. The minimum atomic E-state index is -3.42. The van der Waals surface area contributed by atoms with Crippen LogP contribution < -0.4 is 0 Å². The lowest BCUT2D eigenvalue weighted by molar-refractivity contribution is -0.140. The molecule has 2 atom stereocenters. The van der Waals surface area contributed by atoms with E-state index in [9.17, 15) is 13.2 Å². The molecule has 4 nitrogen and oxygen atoms in total. The van der Waals surface area contributed by atoms with Crippen molar-refractivity contribution in [1.82, 2.24) is 0 Å². The largest absolute Gasteiger partial charge is 0.468 e. The molecule has 5 heteroatoms. The van der Waals surface area contributed by atoms with Gasteiger partial charge >= 0.3 is 5.97 Å². The highest BCUT2D eigenvalue weighted by molar-refractivity contribution is 7.93. The zero-order valence-electron chi connectivity index (χ0n) is 10.3. The summed E-state index contributed by atoms with van der Waals surface area (Å²) in [5.74, 6) is -0.621. The monoisotopic (exact) mass is 248 g/mol. The Kier molecular flexibility index (Phi) is 3.99. The third kappa shape index (κ3) is 2.56. The highest BCUT2D eigenvalue weighted by atomic mass is 32.2. The van der Waals surface area contributed by atoms with Crippen molar-refractivity contribution in [1.29, 1.82) is 0 Å². The van der Waals surface area contributed by atoms with Crippen LogP contribution >= 0.6 is 0 Å². The SMILES string of the molecule is COC(=O)C(C1CC1)S(=O)(=O)C(C)C(C)C. The Morgan fingerprint density at radius 3 is 2.06 bits per heavy atom. The van der Waals surface area contributed by atoms with Crippen LogP contribution in [0.3, 0.4) is 0 Å². The number of ether oxygens (including phenoxy) is 1. The van der Waals surface area contributed by atoms with Gasteiger partial charge in [-0.15, -0.1) is 0 Å². The fourth-order valence-corrected chi connectivity index (χ4v) is 4.11. The predicted molar refractivity (Wildman–Crippen MR) is 61.7 cm³/mol. The second-order valence-corrected chi connectivity index (χ2v) is 7.25. The molecular formula is C11H20O4S. The first-order valence-corrected chi connectivity index (χ1v) is 7.23. The van der Waals surface area contributed by atoms with Crippen LogP contribution in [-0.4, -0.2) is 32.0 Å². The molecular weight excluding hydrogens is 228 g/mol. The standard InChI is InChI=1S/C11H20O4S/c1-7(2)8(3)16(13,14)10(9-5-6-9)11(12)15-4/h7-10H,5-6H2,1-4H3. The summed E-state index contributed by atoms with van der Waals surface area (Å²) in [6.45, 7) is 5.37. The van der Waals surface area contributed by atoms with Crippen LogP contribution in [0.1, 0.15) is 33.6 Å². The van der Waals surface area contributed by atoms with Gasteiger partial charge in [-0.2, -0.15) is 0 Å². The Labute approximate surface area is 97.3 Å². The van der Waals surface area contributed by atoms with E-state index in [0.29, 0.717) is 0 Å². The molecule has 0 saturated heterocycles. The first-order chi connectivity index (χ1) is 7.32. The normalized spacial score (nSPS) is 20.6. The van der Waals surface area contributed by atoms with E-state index in [1.54, 1.807) is 6.92 Å². The van der Waals surface area contributed by atoms with Crippen LogP contribution in [0.15, 0.2) is 0 Å². The summed E-state index contributed by atoms with van der Waals surface area (Å²) in [4.78, 5) is 11.6. The van der Waals surface area contributed by atoms with Crippen LogP contribution in [0.25, 0.3) is 0 Å². The zero-order chi connectivity index (χ0) is 12.5. The minimum Gasteiger partial charge on any atom is -0.468 e. The van der Waals surface area contributed by atoms with Crippen molar-refractivity contribution in [3.05, 3.63) is 0 Å². The van der Waals surface area contributed by atoms with Crippen LogP contribution in [0, 0.1) is 11.8 Å². The minimum absolute atomic E-state index is 0.0101. The number of hydrogen-bond donors (Lipinski definition) is 0. The number of carbonyl (C=O) groups is 1. The molecule has 0 aliphatic heterocycles. The Morgan fingerprint density at radius 1 is 1.25 bits per heavy atom. The van der Waals surface area contributed by atoms with Gasteiger partial charge in [-0.1, -0.05) is 13.8 Å². The topological polar surface area (TPSA) is 60.4 Å². The highest BCUT2D eigenvalue weighted by Crippen LogP contribution is 2.38. The Balaban J connectivity index is 2.97. The molecule has 0 aromatic carbocycles. The Morgan fingerprint density at radius 2 is 1.75 bits per heavy atom. The van der Waals surface area contributed by atoms with Gasteiger partial charge in [-0.05, 0) is 31.6 Å². The van der Waals surface area contributed by atoms with Crippen LogP contribution in [0.4, 0.5) is 0 Å². The van der Waals surface area contributed by atoms with Crippen molar-refractivity contribution < 1.29 is 17.9 Å². The molecule has 1 fully saturated rings. The number of esters is 1. The summed E-state index contributed by atoms with van der Waals surface area (Å²) in [6, 6.07) is 0. The molecule has 1 aliphatic rings. The summed E-state index contributed by atoms with van der Waals surface area (Å²) in [5, 5.41) is -1.45. The summed E-state index contributed by atoms with van der Waals surface area (Å²) >= 11 is 0. The van der Waals surface area contributed by atoms with E-state index in [2.05, 4.69) is 4.74 Å². The van der Waals surface area contributed by atoms with Gasteiger partial charge in [-0.3, -0.25) is 4.79 Å². The lowest BCUT2D eigenvalue weighted by Crippen LogP contribution is -2.40. The summed E-state index contributed by atoms with van der Waals surface area (Å²) in [7, 11) is -2.18. The fourth-order valence-electron chi connectivity index (χ4n) is 1.72. The van der Waals surface area contributed by atoms with Crippen molar-refractivity contribution in [3.8, 4) is 0 Å². The van der Waals surface area contributed by atoms with E-state index in [0.717, 1.165) is 12.8 Å². The molecule has 0 aromatic rings. The quantitative estimate of drug-likeness (QED) is 0.690. The molecule has 0 amide bonds. The van der Waals surface area contributed by atoms with Gasteiger partial charge in [0.1, 0.15) is 0 Å². The van der Waals surface area contributed by atoms with Crippen molar-refractivity contribution in [3.63, 3.8) is 0 Å². The van der Waals surface area contributed by atoms with Gasteiger partial charge in [0.2, 0.25) is 0 Å². The molecule has 1 rings (SSSR count). The maximum Gasteiger partial charge on any atom is 0.324 e. The highest BCUT2D eigenvalue weighted by Gasteiger charge is 2.48. The molecule has 1 saturated carbocycles. The lowest BCUT2D eigenvalue weighted by Gasteiger charge is -2.22. The van der Waals surface area contributed by atoms with Gasteiger partial charge < -0.3 is 4.74 Å². The van der Waals surface area contributed by atoms with E-state index >= 15 is 0 Å². The molecule has 0 bridgehead atoms. The first-order valence-electron chi connectivity index (χ1n) is 5.63. The van der Waals surface area contributed by atoms with E-state index in [1.807, 2.05) is 13.8 Å². The van der Waals surface area contributed by atoms with Crippen molar-refractivity contribution in [2.24, 2.45) is 11.8 Å². The van der Waals surface area contributed by atoms with E-state index in [4.69, 9.17) is 0 Å². The average molecular weight is 248 g/mol. The molecule has 0 aromatic heterocycles. The summed E-state index contributed by atoms with van der Waals surface area (Å²) in [6.07, 6.45) is 1.62. The molecule has 2 unspecified atom stereocenters. The second-order valence-electron chi connectivity index (χ2n) is 4.82. The van der Waals surface area contributed by atoms with E-state index in [1.165, 1.54) is 7.11 Å². The third-order valence-corrected chi connectivity index (χ3v) is 6.16. The Bertz CT molecular complexity index is 354. The number of rotatable bonds is 5. The predicted octanol–water partition coefficient (Wildman–Crippen LogP) is 1.40. The first kappa shape index (κ1) is 13.5. The van der Waals surface area contributed by atoms with Crippen molar-refractivity contribution >= 4 is 15.8 Å². The van der Waals surface area contributed by atoms with Gasteiger partial charge in [0, 0.05) is 0 Å². The van der Waals surface area contributed by atoms with Gasteiger partial charge in [0.25, 0.3) is 0 Å².